The van der Waals surface area contributed by atoms with Gasteiger partial charge in [0, 0.05) is 38.1 Å². The smallest absolute Gasteiger partial charge is 0.227 e. The Balaban J connectivity index is 1.83. The molecule has 1 aliphatic heterocycles. The predicted molar refractivity (Wildman–Crippen MR) is 83.4 cm³/mol. The maximum Gasteiger partial charge on any atom is 0.227 e. The summed E-state index contributed by atoms with van der Waals surface area (Å²) >= 11 is 6.26. The van der Waals surface area contributed by atoms with E-state index >= 15 is 0 Å². The molecule has 1 fully saturated rings. The van der Waals surface area contributed by atoms with Crippen molar-refractivity contribution < 1.29 is 0 Å². The Hall–Kier alpha value is -1.65. The van der Waals surface area contributed by atoms with Gasteiger partial charge in [0.15, 0.2) is 0 Å². The molecule has 5 heteroatoms. The number of fused-ring (bicyclic) bond motifs is 1. The topological polar surface area (TPSA) is 32.3 Å². The zero-order chi connectivity index (χ0) is 13.9. The molecule has 2 aromatic rings. The van der Waals surface area contributed by atoms with E-state index < -0.39 is 0 Å². The Morgan fingerprint density at radius 1 is 1.15 bits per heavy atom. The number of hydrogen-bond acceptors (Lipinski definition) is 4. The van der Waals surface area contributed by atoms with Gasteiger partial charge in [0.25, 0.3) is 0 Å². The minimum Gasteiger partial charge on any atom is -0.338 e. The van der Waals surface area contributed by atoms with Crippen molar-refractivity contribution in [3.63, 3.8) is 0 Å². The molecular weight excluding hydrogens is 272 g/mol. The Morgan fingerprint density at radius 2 is 1.90 bits per heavy atom. The van der Waals surface area contributed by atoms with E-state index in [0.29, 0.717) is 5.15 Å². The molecule has 20 heavy (non-hydrogen) atoms. The maximum atomic E-state index is 6.26. The molecule has 2 heterocycles. The minimum atomic E-state index is 0.527. The zero-order valence-electron chi connectivity index (χ0n) is 11.3. The fraction of sp³-hybridized carbons (Fsp3) is 0.333. The molecule has 0 unspecified atom stereocenters. The van der Waals surface area contributed by atoms with E-state index in [0.717, 1.165) is 49.6 Å². The van der Waals surface area contributed by atoms with E-state index in [1.807, 2.05) is 30.3 Å². The number of rotatable bonds is 3. The Morgan fingerprint density at radius 3 is 2.65 bits per heavy atom. The molecule has 0 radical (unpaired) electrons. The first-order valence-corrected chi connectivity index (χ1v) is 7.16. The van der Waals surface area contributed by atoms with Crippen molar-refractivity contribution in [3.8, 4) is 0 Å². The van der Waals surface area contributed by atoms with Crippen LogP contribution in [0.4, 0.5) is 5.95 Å². The van der Waals surface area contributed by atoms with Crippen LogP contribution in [0.25, 0.3) is 10.9 Å². The predicted octanol–water partition coefficient (Wildman–Crippen LogP) is 2.59. The third kappa shape index (κ3) is 2.62. The highest BCUT2D eigenvalue weighted by Gasteiger charge is 2.19. The number of nitrogens with zero attached hydrogens (tertiary/aromatic N) is 4. The fourth-order valence-corrected chi connectivity index (χ4v) is 2.72. The van der Waals surface area contributed by atoms with E-state index in [9.17, 15) is 0 Å². The molecule has 0 saturated carbocycles. The molecule has 1 aromatic heterocycles. The summed E-state index contributed by atoms with van der Waals surface area (Å²) in [5, 5.41) is 1.43. The molecule has 1 saturated heterocycles. The highest BCUT2D eigenvalue weighted by Crippen LogP contribution is 2.23. The number of anilines is 1. The molecular formula is C15H17ClN4. The summed E-state index contributed by atoms with van der Waals surface area (Å²) in [7, 11) is 0. The van der Waals surface area contributed by atoms with Gasteiger partial charge in [-0.2, -0.15) is 0 Å². The average Bonchev–Trinajstić information content (AvgIpc) is 2.48. The molecule has 4 nitrogen and oxygen atoms in total. The SMILES string of the molecule is C=CCN1CCN(c2nc(Cl)c3ccccc3n2)CC1. The summed E-state index contributed by atoms with van der Waals surface area (Å²) in [5.74, 6) is 0.729. The molecule has 0 amide bonds. The first-order valence-electron chi connectivity index (χ1n) is 6.78. The third-order valence-electron chi connectivity index (χ3n) is 3.59. The summed E-state index contributed by atoms with van der Waals surface area (Å²) in [6.07, 6.45) is 1.94. The molecule has 0 bridgehead atoms. The van der Waals surface area contributed by atoms with Gasteiger partial charge < -0.3 is 4.90 Å². The van der Waals surface area contributed by atoms with Crippen molar-refractivity contribution in [2.24, 2.45) is 0 Å². The minimum absolute atomic E-state index is 0.527. The highest BCUT2D eigenvalue weighted by molar-refractivity contribution is 6.34. The molecule has 0 spiro atoms. The Labute approximate surface area is 123 Å². The Kier molecular flexibility index (Phi) is 3.85. The summed E-state index contributed by atoms with van der Waals surface area (Å²) in [5.41, 5.74) is 0.899. The van der Waals surface area contributed by atoms with Gasteiger partial charge >= 0.3 is 0 Å². The monoisotopic (exact) mass is 288 g/mol. The summed E-state index contributed by atoms with van der Waals surface area (Å²) in [6, 6.07) is 7.84. The standard InChI is InChI=1S/C15H17ClN4/c1-2-7-19-8-10-20(11-9-19)15-17-13-6-4-3-5-12(13)14(16)18-15/h2-6H,1,7-11H2. The lowest BCUT2D eigenvalue weighted by molar-refractivity contribution is 0.283. The van der Waals surface area contributed by atoms with Crippen molar-refractivity contribution in [3.05, 3.63) is 42.1 Å². The largest absolute Gasteiger partial charge is 0.338 e. The van der Waals surface area contributed by atoms with E-state index in [4.69, 9.17) is 11.6 Å². The fourth-order valence-electron chi connectivity index (χ4n) is 2.48. The number of piperazine rings is 1. The van der Waals surface area contributed by atoms with Crippen molar-refractivity contribution in [2.45, 2.75) is 0 Å². The van der Waals surface area contributed by atoms with Gasteiger partial charge in [-0.1, -0.05) is 29.8 Å². The number of halogens is 1. The van der Waals surface area contributed by atoms with Crippen LogP contribution in [-0.4, -0.2) is 47.6 Å². The molecule has 0 N–H and O–H groups in total. The lowest BCUT2D eigenvalue weighted by Gasteiger charge is -2.34. The molecule has 1 aliphatic rings. The van der Waals surface area contributed by atoms with Crippen molar-refractivity contribution in [1.82, 2.24) is 14.9 Å². The number of aromatic nitrogens is 2. The first-order chi connectivity index (χ1) is 9.78. The number of para-hydroxylation sites is 1. The summed E-state index contributed by atoms with van der Waals surface area (Å²) in [6.45, 7) is 8.56. The second-order valence-electron chi connectivity index (χ2n) is 4.91. The van der Waals surface area contributed by atoms with Crippen LogP contribution in [0.5, 0.6) is 0 Å². The number of benzene rings is 1. The van der Waals surface area contributed by atoms with Crippen LogP contribution in [0.15, 0.2) is 36.9 Å². The van der Waals surface area contributed by atoms with Crippen LogP contribution < -0.4 is 4.90 Å². The number of hydrogen-bond donors (Lipinski definition) is 0. The second-order valence-corrected chi connectivity index (χ2v) is 5.27. The molecule has 0 atom stereocenters. The van der Waals surface area contributed by atoms with Crippen LogP contribution in [0.1, 0.15) is 0 Å². The molecule has 3 rings (SSSR count). The van der Waals surface area contributed by atoms with Crippen LogP contribution in [-0.2, 0) is 0 Å². The lowest BCUT2D eigenvalue weighted by Crippen LogP contribution is -2.46. The van der Waals surface area contributed by atoms with Crippen molar-refractivity contribution >= 4 is 28.5 Å². The summed E-state index contributed by atoms with van der Waals surface area (Å²) < 4.78 is 0. The average molecular weight is 289 g/mol. The first kappa shape index (κ1) is 13.3. The van der Waals surface area contributed by atoms with Crippen molar-refractivity contribution in [2.75, 3.05) is 37.6 Å². The van der Waals surface area contributed by atoms with Crippen LogP contribution in [0, 0.1) is 0 Å². The lowest BCUT2D eigenvalue weighted by atomic mass is 10.2. The van der Waals surface area contributed by atoms with E-state index in [-0.39, 0.29) is 0 Å². The van der Waals surface area contributed by atoms with Crippen LogP contribution in [0.3, 0.4) is 0 Å². The molecule has 104 valence electrons. The van der Waals surface area contributed by atoms with E-state index in [1.165, 1.54) is 0 Å². The van der Waals surface area contributed by atoms with Gasteiger partial charge in [-0.3, -0.25) is 4.90 Å². The van der Waals surface area contributed by atoms with Gasteiger partial charge in [0.05, 0.1) is 5.52 Å². The quantitative estimate of drug-likeness (QED) is 0.642. The van der Waals surface area contributed by atoms with Gasteiger partial charge in [0.1, 0.15) is 5.15 Å². The van der Waals surface area contributed by atoms with Gasteiger partial charge in [-0.15, -0.1) is 6.58 Å². The second kappa shape index (κ2) is 5.77. The normalized spacial score (nSPS) is 16.6. The highest BCUT2D eigenvalue weighted by atomic mass is 35.5. The van der Waals surface area contributed by atoms with Gasteiger partial charge in [0.2, 0.25) is 5.95 Å². The Bertz CT molecular complexity index is 620. The molecule has 1 aromatic carbocycles. The summed E-state index contributed by atoms with van der Waals surface area (Å²) in [4.78, 5) is 13.6. The maximum absolute atomic E-state index is 6.26. The van der Waals surface area contributed by atoms with E-state index in [1.54, 1.807) is 0 Å². The van der Waals surface area contributed by atoms with Crippen molar-refractivity contribution in [1.29, 1.82) is 0 Å². The van der Waals surface area contributed by atoms with Gasteiger partial charge in [-0.05, 0) is 12.1 Å². The zero-order valence-corrected chi connectivity index (χ0v) is 12.1. The van der Waals surface area contributed by atoms with Crippen LogP contribution >= 0.6 is 11.6 Å². The van der Waals surface area contributed by atoms with Gasteiger partial charge in [-0.25, -0.2) is 9.97 Å². The molecule has 0 aliphatic carbocycles. The van der Waals surface area contributed by atoms with E-state index in [2.05, 4.69) is 26.3 Å². The third-order valence-corrected chi connectivity index (χ3v) is 3.88. The van der Waals surface area contributed by atoms with Crippen LogP contribution in [0.2, 0.25) is 5.15 Å².